The average molecular weight is 138 g/mol. The van der Waals surface area contributed by atoms with Crippen LogP contribution in [0.4, 0.5) is 0 Å². The summed E-state index contributed by atoms with van der Waals surface area (Å²) >= 11 is 0. The fraction of sp³-hybridized carbons (Fsp3) is 0. The minimum atomic E-state index is 0.125. The van der Waals surface area contributed by atoms with E-state index in [1.807, 2.05) is 0 Å². The zero-order valence-electron chi connectivity index (χ0n) is 5.62. The summed E-state index contributed by atoms with van der Waals surface area (Å²) in [7, 11) is 0. The van der Waals surface area contributed by atoms with Crippen LogP contribution < -0.4 is 11.5 Å². The SMILES string of the molecule is C=C/C=C(/N)N=NC(=C)N. The third-order valence-corrected chi connectivity index (χ3v) is 0.583. The van der Waals surface area contributed by atoms with E-state index in [0.717, 1.165) is 0 Å². The van der Waals surface area contributed by atoms with Crippen LogP contribution >= 0.6 is 0 Å². The second-order valence-electron chi connectivity index (χ2n) is 1.52. The zero-order chi connectivity index (χ0) is 7.98. The maximum Gasteiger partial charge on any atom is 0.146 e. The van der Waals surface area contributed by atoms with Gasteiger partial charge in [-0.25, -0.2) is 0 Å². The molecule has 54 valence electrons. The Kier molecular flexibility index (Phi) is 3.63. The molecule has 4 heteroatoms. The first kappa shape index (κ1) is 8.42. The highest BCUT2D eigenvalue weighted by atomic mass is 15.2. The van der Waals surface area contributed by atoms with Crippen LogP contribution in [0.5, 0.6) is 0 Å². The Bertz CT molecular complexity index is 190. The van der Waals surface area contributed by atoms with Gasteiger partial charge in [-0.05, 0) is 6.08 Å². The maximum atomic E-state index is 5.27. The number of nitrogens with two attached hydrogens (primary N) is 2. The average Bonchev–Trinajstić information content (AvgIpc) is 1.85. The third kappa shape index (κ3) is 4.58. The quantitative estimate of drug-likeness (QED) is 0.448. The van der Waals surface area contributed by atoms with Gasteiger partial charge < -0.3 is 11.5 Å². The number of allylic oxidation sites excluding steroid dienone is 2. The molecule has 0 fully saturated rings. The molecule has 10 heavy (non-hydrogen) atoms. The first-order valence-electron chi connectivity index (χ1n) is 2.61. The number of rotatable bonds is 3. The van der Waals surface area contributed by atoms with Crippen LogP contribution in [-0.4, -0.2) is 0 Å². The van der Waals surface area contributed by atoms with Crippen molar-refractivity contribution in [2.75, 3.05) is 0 Å². The van der Waals surface area contributed by atoms with E-state index in [1.165, 1.54) is 12.2 Å². The first-order chi connectivity index (χ1) is 4.66. The van der Waals surface area contributed by atoms with Gasteiger partial charge in [0, 0.05) is 0 Å². The Morgan fingerprint density at radius 1 is 1.30 bits per heavy atom. The molecule has 0 bridgehead atoms. The summed E-state index contributed by atoms with van der Waals surface area (Å²) in [6.45, 7) is 6.71. The van der Waals surface area contributed by atoms with Crippen LogP contribution in [-0.2, 0) is 0 Å². The predicted molar refractivity (Wildman–Crippen MR) is 40.7 cm³/mol. The summed E-state index contributed by atoms with van der Waals surface area (Å²) in [6, 6.07) is 0. The van der Waals surface area contributed by atoms with E-state index in [1.54, 1.807) is 0 Å². The Morgan fingerprint density at radius 2 is 1.90 bits per heavy atom. The highest BCUT2D eigenvalue weighted by molar-refractivity contribution is 5.04. The van der Waals surface area contributed by atoms with E-state index < -0.39 is 0 Å². The molecule has 0 aliphatic rings. The highest BCUT2D eigenvalue weighted by Gasteiger charge is 1.79. The van der Waals surface area contributed by atoms with Crippen molar-refractivity contribution < 1.29 is 0 Å². The van der Waals surface area contributed by atoms with Gasteiger partial charge in [0.1, 0.15) is 11.6 Å². The molecule has 0 aliphatic carbocycles. The minimum absolute atomic E-state index is 0.125. The zero-order valence-corrected chi connectivity index (χ0v) is 5.62. The molecular weight excluding hydrogens is 128 g/mol. The Hall–Kier alpha value is -1.58. The lowest BCUT2D eigenvalue weighted by atomic mass is 10.5. The topological polar surface area (TPSA) is 76.8 Å². The molecule has 0 saturated heterocycles. The molecule has 0 saturated carbocycles. The van der Waals surface area contributed by atoms with Gasteiger partial charge in [-0.2, -0.15) is 0 Å². The molecule has 0 atom stereocenters. The van der Waals surface area contributed by atoms with Crippen LogP contribution in [0.2, 0.25) is 0 Å². The number of nitrogens with zero attached hydrogens (tertiary/aromatic N) is 2. The lowest BCUT2D eigenvalue weighted by Gasteiger charge is -1.86. The Balaban J connectivity index is 4.01. The molecule has 0 aromatic carbocycles. The van der Waals surface area contributed by atoms with Gasteiger partial charge in [0.05, 0.1) is 0 Å². The van der Waals surface area contributed by atoms with Gasteiger partial charge in [-0.1, -0.05) is 19.2 Å². The predicted octanol–water partition coefficient (Wildman–Crippen LogP) is 0.855. The molecule has 0 radical (unpaired) electrons. The van der Waals surface area contributed by atoms with Gasteiger partial charge >= 0.3 is 0 Å². The summed E-state index contributed by atoms with van der Waals surface area (Å²) in [5, 5.41) is 6.89. The molecule has 0 spiro atoms. The Morgan fingerprint density at radius 3 is 2.30 bits per heavy atom. The molecule has 4 N–H and O–H groups in total. The van der Waals surface area contributed by atoms with Crippen molar-refractivity contribution in [1.29, 1.82) is 0 Å². The largest absolute Gasteiger partial charge is 0.383 e. The van der Waals surface area contributed by atoms with E-state index in [2.05, 4.69) is 23.4 Å². The second kappa shape index (κ2) is 4.31. The lowest BCUT2D eigenvalue weighted by Crippen LogP contribution is -1.93. The van der Waals surface area contributed by atoms with Crippen LogP contribution in [0, 0.1) is 0 Å². The van der Waals surface area contributed by atoms with Crippen molar-refractivity contribution in [1.82, 2.24) is 0 Å². The monoisotopic (exact) mass is 138 g/mol. The van der Waals surface area contributed by atoms with Crippen molar-refractivity contribution in [3.05, 3.63) is 37.0 Å². The van der Waals surface area contributed by atoms with E-state index >= 15 is 0 Å². The van der Waals surface area contributed by atoms with Gasteiger partial charge in [0.2, 0.25) is 0 Å². The van der Waals surface area contributed by atoms with Crippen molar-refractivity contribution in [2.45, 2.75) is 0 Å². The van der Waals surface area contributed by atoms with Crippen LogP contribution in [0.3, 0.4) is 0 Å². The minimum Gasteiger partial charge on any atom is -0.383 e. The van der Waals surface area contributed by atoms with Crippen molar-refractivity contribution >= 4 is 0 Å². The van der Waals surface area contributed by atoms with Crippen LogP contribution in [0.15, 0.2) is 47.2 Å². The molecule has 4 nitrogen and oxygen atoms in total. The normalized spacial score (nSPS) is 11.8. The van der Waals surface area contributed by atoms with Crippen molar-refractivity contribution in [2.24, 2.45) is 21.7 Å². The number of hydrogen-bond acceptors (Lipinski definition) is 4. The van der Waals surface area contributed by atoms with Crippen molar-refractivity contribution in [3.8, 4) is 0 Å². The number of hydrogen-bond donors (Lipinski definition) is 2. The van der Waals surface area contributed by atoms with Gasteiger partial charge in [-0.15, -0.1) is 10.2 Å². The summed E-state index contributed by atoms with van der Waals surface area (Å²) < 4.78 is 0. The third-order valence-electron chi connectivity index (χ3n) is 0.583. The molecule has 0 rings (SSSR count). The summed E-state index contributed by atoms with van der Waals surface area (Å²) in [5.41, 5.74) is 10.3. The van der Waals surface area contributed by atoms with E-state index in [0.29, 0.717) is 0 Å². The first-order valence-corrected chi connectivity index (χ1v) is 2.61. The molecule has 0 unspecified atom stereocenters. The highest BCUT2D eigenvalue weighted by Crippen LogP contribution is 1.90. The summed E-state index contributed by atoms with van der Waals surface area (Å²) in [4.78, 5) is 0. The molecular formula is C6H10N4. The van der Waals surface area contributed by atoms with Gasteiger partial charge in [0.15, 0.2) is 0 Å². The van der Waals surface area contributed by atoms with E-state index in [9.17, 15) is 0 Å². The van der Waals surface area contributed by atoms with Crippen LogP contribution in [0.25, 0.3) is 0 Å². The van der Waals surface area contributed by atoms with E-state index in [4.69, 9.17) is 11.5 Å². The van der Waals surface area contributed by atoms with Gasteiger partial charge in [-0.3, -0.25) is 0 Å². The molecule has 0 aromatic rings. The van der Waals surface area contributed by atoms with Gasteiger partial charge in [0.25, 0.3) is 0 Å². The summed E-state index contributed by atoms with van der Waals surface area (Å²) in [5.74, 6) is 0.377. The summed E-state index contributed by atoms with van der Waals surface area (Å²) in [6.07, 6.45) is 3.01. The van der Waals surface area contributed by atoms with Crippen LogP contribution in [0.1, 0.15) is 0 Å². The molecule has 0 amide bonds. The fourth-order valence-electron chi connectivity index (χ4n) is 0.276. The lowest BCUT2D eigenvalue weighted by molar-refractivity contribution is 1.03. The van der Waals surface area contributed by atoms with Crippen molar-refractivity contribution in [3.63, 3.8) is 0 Å². The van der Waals surface area contributed by atoms with E-state index in [-0.39, 0.29) is 11.6 Å². The second-order valence-corrected chi connectivity index (χ2v) is 1.52. The number of azo groups is 1. The standard InChI is InChI=1S/C6H10N4/c1-3-4-6(8)10-9-5(2)7/h3-4H,1-2,7-8H2/b6-4-,10-9?. The molecule has 0 heterocycles. The molecule has 0 aromatic heterocycles. The maximum absolute atomic E-state index is 5.27. The fourth-order valence-corrected chi connectivity index (χ4v) is 0.276. The molecule has 0 aliphatic heterocycles. The smallest absolute Gasteiger partial charge is 0.146 e. The Labute approximate surface area is 59.6 Å².